The van der Waals surface area contributed by atoms with Crippen LogP contribution in [-0.4, -0.2) is 50.9 Å². The van der Waals surface area contributed by atoms with E-state index in [1.165, 1.54) is 22.9 Å². The monoisotopic (exact) mass is 479 g/mol. The highest BCUT2D eigenvalue weighted by molar-refractivity contribution is 7.99. The number of hydrogen-bond donors (Lipinski definition) is 1. The van der Waals surface area contributed by atoms with Crippen LogP contribution in [0.2, 0.25) is 0 Å². The third-order valence-corrected chi connectivity index (χ3v) is 6.91. The first-order valence-electron chi connectivity index (χ1n) is 11.4. The average Bonchev–Trinajstić information content (AvgIpc) is 3.30. The number of carbonyl (C=O) groups is 2. The molecule has 2 heterocycles. The summed E-state index contributed by atoms with van der Waals surface area (Å²) in [5.74, 6) is 1.54. The molecule has 0 saturated carbocycles. The van der Waals surface area contributed by atoms with E-state index in [-0.39, 0.29) is 17.9 Å². The molecular weight excluding hydrogens is 450 g/mol. The van der Waals surface area contributed by atoms with Crippen molar-refractivity contribution in [3.63, 3.8) is 0 Å². The normalized spacial score (nSPS) is 13.8. The molecule has 1 atom stereocenters. The predicted molar refractivity (Wildman–Crippen MR) is 131 cm³/mol. The van der Waals surface area contributed by atoms with Gasteiger partial charge in [-0.3, -0.25) is 9.59 Å². The van der Waals surface area contributed by atoms with Crippen LogP contribution >= 0.6 is 11.8 Å². The number of carbonyl (C=O) groups excluding carboxylic acids is 2. The molecule has 1 aliphatic rings. The fourth-order valence-electron chi connectivity index (χ4n) is 4.04. The number of thioether (sulfide) groups is 1. The van der Waals surface area contributed by atoms with Crippen molar-refractivity contribution in [3.05, 3.63) is 71.0 Å². The van der Waals surface area contributed by atoms with Crippen molar-refractivity contribution in [1.82, 2.24) is 25.0 Å². The van der Waals surface area contributed by atoms with Gasteiger partial charge in [0.25, 0.3) is 5.91 Å². The summed E-state index contributed by atoms with van der Waals surface area (Å²) in [6.07, 6.45) is 0.882. The molecule has 0 radical (unpaired) electrons. The molecule has 1 aliphatic heterocycles. The zero-order valence-electron chi connectivity index (χ0n) is 19.7. The number of hydrogen-bond acceptors (Lipinski definition) is 6. The summed E-state index contributed by atoms with van der Waals surface area (Å²) in [5.41, 5.74) is 3.08. The van der Waals surface area contributed by atoms with Gasteiger partial charge in [0.2, 0.25) is 5.91 Å². The van der Waals surface area contributed by atoms with Crippen LogP contribution < -0.4 is 10.1 Å². The molecule has 3 aromatic rings. The van der Waals surface area contributed by atoms with Crippen molar-refractivity contribution in [2.45, 2.75) is 44.6 Å². The minimum atomic E-state index is -0.342. The minimum Gasteiger partial charge on any atom is -0.497 e. The van der Waals surface area contributed by atoms with Gasteiger partial charge in [-0.25, -0.2) is 0 Å². The van der Waals surface area contributed by atoms with Crippen molar-refractivity contribution in [2.75, 3.05) is 19.4 Å². The van der Waals surface area contributed by atoms with Crippen LogP contribution in [0, 0.1) is 0 Å². The summed E-state index contributed by atoms with van der Waals surface area (Å²) in [6, 6.07) is 14.9. The SMILES string of the molecule is CCn1c(SCC(=O)N2CCc3ccccc3C2)nnc1C(C)NC(=O)c1ccc(OC)cc1. The third kappa shape index (κ3) is 5.25. The zero-order chi connectivity index (χ0) is 24.1. The number of fused-ring (bicyclic) bond motifs is 1. The molecule has 8 nitrogen and oxygen atoms in total. The van der Waals surface area contributed by atoms with E-state index < -0.39 is 0 Å². The summed E-state index contributed by atoms with van der Waals surface area (Å²) in [5, 5.41) is 12.3. The van der Waals surface area contributed by atoms with E-state index in [0.717, 1.165) is 13.0 Å². The highest BCUT2D eigenvalue weighted by Gasteiger charge is 2.23. The number of rotatable bonds is 8. The van der Waals surface area contributed by atoms with Crippen LogP contribution in [0.1, 0.15) is 47.2 Å². The van der Waals surface area contributed by atoms with Gasteiger partial charge >= 0.3 is 0 Å². The Hall–Kier alpha value is -3.33. The fourth-order valence-corrected chi connectivity index (χ4v) is 4.95. The van der Waals surface area contributed by atoms with Gasteiger partial charge in [-0.05, 0) is 55.7 Å². The topological polar surface area (TPSA) is 89.4 Å². The Bertz CT molecular complexity index is 1160. The Morgan fingerprint density at radius 1 is 1.12 bits per heavy atom. The highest BCUT2D eigenvalue weighted by Crippen LogP contribution is 2.23. The van der Waals surface area contributed by atoms with Gasteiger partial charge in [0.05, 0.1) is 18.9 Å². The number of aromatic nitrogens is 3. The van der Waals surface area contributed by atoms with E-state index in [0.29, 0.717) is 41.1 Å². The van der Waals surface area contributed by atoms with Crippen LogP contribution in [-0.2, 0) is 24.3 Å². The van der Waals surface area contributed by atoms with Crippen molar-refractivity contribution in [2.24, 2.45) is 0 Å². The van der Waals surface area contributed by atoms with E-state index in [1.807, 2.05) is 35.4 Å². The van der Waals surface area contributed by atoms with Crippen LogP contribution in [0.3, 0.4) is 0 Å². The molecule has 0 bridgehead atoms. The van der Waals surface area contributed by atoms with Gasteiger partial charge in [0.15, 0.2) is 11.0 Å². The van der Waals surface area contributed by atoms with E-state index in [2.05, 4.69) is 27.6 Å². The van der Waals surface area contributed by atoms with Crippen LogP contribution in [0.15, 0.2) is 53.7 Å². The van der Waals surface area contributed by atoms with Crippen molar-refractivity contribution in [3.8, 4) is 5.75 Å². The smallest absolute Gasteiger partial charge is 0.251 e. The molecule has 0 aliphatic carbocycles. The van der Waals surface area contributed by atoms with Crippen molar-refractivity contribution >= 4 is 23.6 Å². The van der Waals surface area contributed by atoms with Gasteiger partial charge in [0, 0.05) is 25.2 Å². The van der Waals surface area contributed by atoms with E-state index in [9.17, 15) is 9.59 Å². The molecular formula is C25H29N5O3S. The lowest BCUT2D eigenvalue weighted by molar-refractivity contribution is -0.129. The quantitative estimate of drug-likeness (QED) is 0.498. The molecule has 2 amide bonds. The van der Waals surface area contributed by atoms with Gasteiger partial charge in [-0.15, -0.1) is 10.2 Å². The van der Waals surface area contributed by atoms with Gasteiger partial charge in [0.1, 0.15) is 5.75 Å². The fraction of sp³-hybridized carbons (Fsp3) is 0.360. The Morgan fingerprint density at radius 3 is 2.56 bits per heavy atom. The summed E-state index contributed by atoms with van der Waals surface area (Å²) >= 11 is 1.38. The van der Waals surface area contributed by atoms with E-state index >= 15 is 0 Å². The number of benzene rings is 2. The molecule has 0 spiro atoms. The lowest BCUT2D eigenvalue weighted by Crippen LogP contribution is -2.37. The lowest BCUT2D eigenvalue weighted by Gasteiger charge is -2.28. The second-order valence-corrected chi connectivity index (χ2v) is 9.07. The molecule has 178 valence electrons. The number of ether oxygens (including phenoxy) is 1. The van der Waals surface area contributed by atoms with Gasteiger partial charge in [-0.1, -0.05) is 36.0 Å². The second kappa shape index (κ2) is 10.7. The second-order valence-electron chi connectivity index (χ2n) is 8.13. The summed E-state index contributed by atoms with van der Waals surface area (Å²) in [6.45, 7) is 5.89. The summed E-state index contributed by atoms with van der Waals surface area (Å²) in [7, 11) is 1.59. The largest absolute Gasteiger partial charge is 0.497 e. The first-order valence-corrected chi connectivity index (χ1v) is 12.3. The summed E-state index contributed by atoms with van der Waals surface area (Å²) in [4.78, 5) is 27.4. The first-order chi connectivity index (χ1) is 16.5. The molecule has 0 saturated heterocycles. The van der Waals surface area contributed by atoms with Crippen LogP contribution in [0.25, 0.3) is 0 Å². The van der Waals surface area contributed by atoms with Gasteiger partial charge in [-0.2, -0.15) is 0 Å². The molecule has 1 aromatic heterocycles. The summed E-state index contributed by atoms with van der Waals surface area (Å²) < 4.78 is 7.09. The Morgan fingerprint density at radius 2 is 1.85 bits per heavy atom. The minimum absolute atomic E-state index is 0.0903. The molecule has 0 fully saturated rings. The standard InChI is InChI=1S/C25H29N5O3S/c1-4-30-23(17(2)26-24(32)19-9-11-21(33-3)12-10-19)27-28-25(30)34-16-22(31)29-14-13-18-7-5-6-8-20(18)15-29/h5-12,17H,4,13-16H2,1-3H3,(H,26,32). The zero-order valence-corrected chi connectivity index (χ0v) is 20.5. The molecule has 34 heavy (non-hydrogen) atoms. The maximum absolute atomic E-state index is 12.9. The average molecular weight is 480 g/mol. The molecule has 1 unspecified atom stereocenters. The maximum atomic E-state index is 12.9. The Labute approximate surface area is 203 Å². The first kappa shape index (κ1) is 23.8. The Kier molecular flexibility index (Phi) is 7.52. The predicted octanol–water partition coefficient (Wildman–Crippen LogP) is 3.47. The molecule has 4 rings (SSSR count). The molecule has 9 heteroatoms. The number of methoxy groups -OCH3 is 1. The van der Waals surface area contributed by atoms with Gasteiger partial charge < -0.3 is 19.5 Å². The number of amides is 2. The maximum Gasteiger partial charge on any atom is 0.251 e. The third-order valence-electron chi connectivity index (χ3n) is 5.96. The van der Waals surface area contributed by atoms with Crippen LogP contribution in [0.4, 0.5) is 0 Å². The number of nitrogens with zero attached hydrogens (tertiary/aromatic N) is 4. The molecule has 2 aromatic carbocycles. The van der Waals surface area contributed by atoms with E-state index in [4.69, 9.17) is 4.74 Å². The van der Waals surface area contributed by atoms with Crippen molar-refractivity contribution < 1.29 is 14.3 Å². The highest BCUT2D eigenvalue weighted by atomic mass is 32.2. The van der Waals surface area contributed by atoms with Crippen molar-refractivity contribution in [1.29, 1.82) is 0 Å². The Balaban J connectivity index is 1.37. The lowest BCUT2D eigenvalue weighted by atomic mass is 10.00. The van der Waals surface area contributed by atoms with E-state index in [1.54, 1.807) is 31.4 Å². The van der Waals surface area contributed by atoms with Crippen LogP contribution in [0.5, 0.6) is 5.75 Å². The molecule has 1 N–H and O–H groups in total. The number of nitrogens with one attached hydrogen (secondary N) is 1.